The third-order valence-electron chi connectivity index (χ3n) is 3.36. The number of benzene rings is 1. The van der Waals surface area contributed by atoms with E-state index in [0.29, 0.717) is 0 Å². The van der Waals surface area contributed by atoms with E-state index < -0.39 is 0 Å². The van der Waals surface area contributed by atoms with E-state index in [-0.39, 0.29) is 12.6 Å². The predicted octanol–water partition coefficient (Wildman–Crippen LogP) is 3.03. The second-order valence-electron chi connectivity index (χ2n) is 4.91. The zero-order valence-corrected chi connectivity index (χ0v) is 11.0. The van der Waals surface area contributed by atoms with Gasteiger partial charge in [0.1, 0.15) is 5.75 Å². The van der Waals surface area contributed by atoms with Crippen molar-refractivity contribution in [3.8, 4) is 5.75 Å². The summed E-state index contributed by atoms with van der Waals surface area (Å²) in [6, 6.07) is 7.90. The first-order valence-corrected chi connectivity index (χ1v) is 7.03. The van der Waals surface area contributed by atoms with Gasteiger partial charge in [-0.15, -0.1) is 0 Å². The molecule has 0 bridgehead atoms. The first-order valence-electron chi connectivity index (χ1n) is 7.03. The smallest absolute Gasteiger partial charge is 0.199 e. The van der Waals surface area contributed by atoms with Gasteiger partial charge in [-0.05, 0) is 31.4 Å². The molecule has 2 heterocycles. The van der Waals surface area contributed by atoms with E-state index in [1.165, 1.54) is 6.42 Å². The van der Waals surface area contributed by atoms with Crippen LogP contribution in [0.3, 0.4) is 0 Å². The van der Waals surface area contributed by atoms with Gasteiger partial charge in [0.15, 0.2) is 12.6 Å². The van der Waals surface area contributed by atoms with E-state index in [4.69, 9.17) is 18.9 Å². The highest BCUT2D eigenvalue weighted by Crippen LogP contribution is 2.27. The van der Waals surface area contributed by atoms with Crippen molar-refractivity contribution in [1.82, 2.24) is 0 Å². The number of rotatable bonds is 3. The van der Waals surface area contributed by atoms with Gasteiger partial charge in [-0.3, -0.25) is 0 Å². The second kappa shape index (κ2) is 6.37. The van der Waals surface area contributed by atoms with Gasteiger partial charge in [-0.2, -0.15) is 0 Å². The largest absolute Gasteiger partial charge is 0.465 e. The van der Waals surface area contributed by atoms with Crippen LogP contribution in [0.25, 0.3) is 0 Å². The minimum absolute atomic E-state index is 0.114. The van der Waals surface area contributed by atoms with Gasteiger partial charge in [0, 0.05) is 12.0 Å². The van der Waals surface area contributed by atoms with Crippen molar-refractivity contribution in [2.45, 2.75) is 38.3 Å². The van der Waals surface area contributed by atoms with Crippen LogP contribution in [0.4, 0.5) is 0 Å². The molecular formula is C15H20O4. The highest BCUT2D eigenvalue weighted by atomic mass is 16.7. The molecule has 4 nitrogen and oxygen atoms in total. The lowest BCUT2D eigenvalue weighted by Gasteiger charge is -2.25. The molecule has 0 radical (unpaired) electrons. The van der Waals surface area contributed by atoms with Crippen molar-refractivity contribution in [3.05, 3.63) is 29.8 Å². The molecule has 0 aromatic heterocycles. The van der Waals surface area contributed by atoms with Gasteiger partial charge >= 0.3 is 0 Å². The third-order valence-corrected chi connectivity index (χ3v) is 3.36. The van der Waals surface area contributed by atoms with Crippen LogP contribution < -0.4 is 4.74 Å². The highest BCUT2D eigenvalue weighted by Gasteiger charge is 2.19. The molecule has 104 valence electrons. The molecular weight excluding hydrogens is 244 g/mol. The topological polar surface area (TPSA) is 36.9 Å². The van der Waals surface area contributed by atoms with Gasteiger partial charge in [-0.1, -0.05) is 12.1 Å². The summed E-state index contributed by atoms with van der Waals surface area (Å²) in [5.41, 5.74) is 1.01. The van der Waals surface area contributed by atoms with Crippen molar-refractivity contribution in [1.29, 1.82) is 0 Å². The van der Waals surface area contributed by atoms with Crippen LogP contribution in [0.2, 0.25) is 0 Å². The lowest BCUT2D eigenvalue weighted by Crippen LogP contribution is -2.25. The van der Waals surface area contributed by atoms with E-state index >= 15 is 0 Å². The SMILES string of the molecule is c1cc(OC2CCCCO2)cc(C2OCCCO2)c1. The molecule has 2 fully saturated rings. The summed E-state index contributed by atoms with van der Waals surface area (Å²) in [5, 5.41) is 0. The van der Waals surface area contributed by atoms with Crippen molar-refractivity contribution >= 4 is 0 Å². The zero-order valence-electron chi connectivity index (χ0n) is 11.0. The van der Waals surface area contributed by atoms with E-state index in [0.717, 1.165) is 50.4 Å². The quantitative estimate of drug-likeness (QED) is 0.841. The summed E-state index contributed by atoms with van der Waals surface area (Å²) in [6.07, 6.45) is 3.84. The van der Waals surface area contributed by atoms with Gasteiger partial charge in [0.2, 0.25) is 0 Å². The van der Waals surface area contributed by atoms with E-state index in [1.807, 2.05) is 24.3 Å². The third kappa shape index (κ3) is 3.47. The van der Waals surface area contributed by atoms with Crippen molar-refractivity contribution in [2.24, 2.45) is 0 Å². The van der Waals surface area contributed by atoms with Gasteiger partial charge < -0.3 is 18.9 Å². The lowest BCUT2D eigenvalue weighted by atomic mass is 10.2. The second-order valence-corrected chi connectivity index (χ2v) is 4.91. The Bertz CT molecular complexity index is 395. The summed E-state index contributed by atoms with van der Waals surface area (Å²) in [7, 11) is 0. The maximum Gasteiger partial charge on any atom is 0.199 e. The summed E-state index contributed by atoms with van der Waals surface area (Å²) in [6.45, 7) is 2.29. The summed E-state index contributed by atoms with van der Waals surface area (Å²) >= 11 is 0. The zero-order chi connectivity index (χ0) is 12.9. The fourth-order valence-electron chi connectivity index (χ4n) is 2.37. The van der Waals surface area contributed by atoms with Crippen molar-refractivity contribution in [2.75, 3.05) is 19.8 Å². The van der Waals surface area contributed by atoms with Gasteiger partial charge in [-0.25, -0.2) is 0 Å². The van der Waals surface area contributed by atoms with Gasteiger partial charge in [0.25, 0.3) is 0 Å². The minimum atomic E-state index is -0.260. The Morgan fingerprint density at radius 3 is 2.58 bits per heavy atom. The molecule has 1 aromatic rings. The first kappa shape index (κ1) is 12.9. The van der Waals surface area contributed by atoms with Crippen LogP contribution in [-0.4, -0.2) is 26.1 Å². The van der Waals surface area contributed by atoms with Crippen molar-refractivity contribution in [3.63, 3.8) is 0 Å². The number of hydrogen-bond donors (Lipinski definition) is 0. The maximum absolute atomic E-state index is 5.85. The lowest BCUT2D eigenvalue weighted by molar-refractivity contribution is -0.183. The standard InChI is InChI=1S/C15H20O4/c1-2-8-16-14(7-1)19-13-6-3-5-12(11-13)15-17-9-4-10-18-15/h3,5-6,11,14-15H,1-2,4,7-10H2. The van der Waals surface area contributed by atoms with Crippen LogP contribution in [0.1, 0.15) is 37.5 Å². The van der Waals surface area contributed by atoms with Crippen LogP contribution in [-0.2, 0) is 14.2 Å². The molecule has 1 aromatic carbocycles. The molecule has 0 spiro atoms. The molecule has 3 rings (SSSR count). The first-order chi connectivity index (χ1) is 9.42. The predicted molar refractivity (Wildman–Crippen MR) is 69.9 cm³/mol. The fraction of sp³-hybridized carbons (Fsp3) is 0.600. The van der Waals surface area contributed by atoms with Crippen LogP contribution >= 0.6 is 0 Å². The molecule has 2 aliphatic rings. The summed E-state index contributed by atoms with van der Waals surface area (Å²) in [4.78, 5) is 0. The molecule has 2 saturated heterocycles. The van der Waals surface area contributed by atoms with E-state index in [2.05, 4.69) is 0 Å². The Kier molecular flexibility index (Phi) is 4.33. The van der Waals surface area contributed by atoms with E-state index in [9.17, 15) is 0 Å². The molecule has 0 saturated carbocycles. The maximum atomic E-state index is 5.85. The fourth-order valence-corrected chi connectivity index (χ4v) is 2.37. The molecule has 0 amide bonds. The molecule has 0 N–H and O–H groups in total. The molecule has 1 atom stereocenters. The Morgan fingerprint density at radius 1 is 0.947 bits per heavy atom. The van der Waals surface area contributed by atoms with Crippen LogP contribution in [0, 0.1) is 0 Å². The van der Waals surface area contributed by atoms with Crippen LogP contribution in [0.15, 0.2) is 24.3 Å². The summed E-state index contributed by atoms with van der Waals surface area (Å²) in [5.74, 6) is 0.821. The number of ether oxygens (including phenoxy) is 4. The highest BCUT2D eigenvalue weighted by molar-refractivity contribution is 5.29. The normalized spacial score (nSPS) is 25.2. The molecule has 19 heavy (non-hydrogen) atoms. The van der Waals surface area contributed by atoms with Gasteiger partial charge in [0.05, 0.1) is 19.8 Å². The summed E-state index contributed by atoms with van der Waals surface area (Å²) < 4.78 is 22.6. The average molecular weight is 264 g/mol. The molecule has 0 aliphatic carbocycles. The Balaban J connectivity index is 1.64. The molecule has 1 unspecified atom stereocenters. The Morgan fingerprint density at radius 2 is 1.79 bits per heavy atom. The minimum Gasteiger partial charge on any atom is -0.465 e. The van der Waals surface area contributed by atoms with Crippen LogP contribution in [0.5, 0.6) is 5.75 Å². The number of hydrogen-bond acceptors (Lipinski definition) is 4. The molecule has 4 heteroatoms. The molecule has 2 aliphatic heterocycles. The average Bonchev–Trinajstić information content (AvgIpc) is 2.49. The van der Waals surface area contributed by atoms with E-state index in [1.54, 1.807) is 0 Å². The monoisotopic (exact) mass is 264 g/mol. The Hall–Kier alpha value is -1.10. The van der Waals surface area contributed by atoms with Crippen molar-refractivity contribution < 1.29 is 18.9 Å². The Labute approximate surface area is 113 Å².